The van der Waals surface area contributed by atoms with Gasteiger partial charge in [0.1, 0.15) is 5.75 Å². The highest BCUT2D eigenvalue weighted by molar-refractivity contribution is 7.92. The third-order valence-electron chi connectivity index (χ3n) is 4.84. The van der Waals surface area contributed by atoms with Crippen molar-refractivity contribution in [2.45, 2.75) is 17.7 Å². The van der Waals surface area contributed by atoms with E-state index >= 15 is 0 Å². The lowest BCUT2D eigenvalue weighted by molar-refractivity contribution is 0.354. The van der Waals surface area contributed by atoms with Crippen molar-refractivity contribution in [1.82, 2.24) is 0 Å². The van der Waals surface area contributed by atoms with Crippen molar-refractivity contribution in [2.75, 3.05) is 26.1 Å². The maximum atomic E-state index is 12.7. The van der Waals surface area contributed by atoms with Gasteiger partial charge < -0.3 is 14.2 Å². The van der Waals surface area contributed by atoms with Crippen molar-refractivity contribution in [2.24, 2.45) is 0 Å². The van der Waals surface area contributed by atoms with Gasteiger partial charge >= 0.3 is 0 Å². The maximum Gasteiger partial charge on any atom is 0.262 e. The first kappa shape index (κ1) is 23.6. The summed E-state index contributed by atoms with van der Waals surface area (Å²) < 4.78 is 43.9. The molecule has 168 valence electrons. The smallest absolute Gasteiger partial charge is 0.262 e. The first-order valence-electron chi connectivity index (χ1n) is 9.83. The minimum atomic E-state index is -3.74. The molecule has 0 unspecified atom stereocenters. The quantitative estimate of drug-likeness (QED) is 0.433. The molecule has 0 radical (unpaired) electrons. The van der Waals surface area contributed by atoms with E-state index in [-0.39, 0.29) is 4.90 Å². The minimum absolute atomic E-state index is 0.165. The molecule has 0 fully saturated rings. The second-order valence-corrected chi connectivity index (χ2v) is 9.29. The topological polar surface area (TPSA) is 73.9 Å². The summed E-state index contributed by atoms with van der Waals surface area (Å²) in [4.78, 5) is 0.998. The van der Waals surface area contributed by atoms with Crippen LogP contribution in [0.1, 0.15) is 11.1 Å². The van der Waals surface area contributed by atoms with Gasteiger partial charge in [0, 0.05) is 17.7 Å². The molecule has 3 aromatic rings. The molecular formula is C24H25NO5S2. The molecule has 6 nitrogen and oxygen atoms in total. The Balaban J connectivity index is 1.67. The van der Waals surface area contributed by atoms with Crippen LogP contribution in [0.15, 0.2) is 71.6 Å². The average Bonchev–Trinajstić information content (AvgIpc) is 2.79. The molecule has 0 aliphatic carbocycles. The number of hydrogen-bond donors (Lipinski definition) is 1. The van der Waals surface area contributed by atoms with Crippen molar-refractivity contribution < 1.29 is 22.6 Å². The van der Waals surface area contributed by atoms with Crippen LogP contribution in [0.5, 0.6) is 17.2 Å². The van der Waals surface area contributed by atoms with Gasteiger partial charge in [0.05, 0.1) is 31.9 Å². The maximum absolute atomic E-state index is 12.7. The van der Waals surface area contributed by atoms with E-state index in [2.05, 4.69) is 4.72 Å². The van der Waals surface area contributed by atoms with Crippen LogP contribution < -0.4 is 18.9 Å². The lowest BCUT2D eigenvalue weighted by Gasteiger charge is -2.12. The summed E-state index contributed by atoms with van der Waals surface area (Å²) >= 11 is 5.56. The van der Waals surface area contributed by atoms with Crippen LogP contribution in [0.4, 0.5) is 5.69 Å². The van der Waals surface area contributed by atoms with Gasteiger partial charge in [-0.1, -0.05) is 42.5 Å². The van der Waals surface area contributed by atoms with E-state index in [0.29, 0.717) is 35.8 Å². The Morgan fingerprint density at radius 1 is 0.781 bits per heavy atom. The van der Waals surface area contributed by atoms with Crippen LogP contribution in [-0.2, 0) is 22.9 Å². The number of sulfonamides is 1. The van der Waals surface area contributed by atoms with E-state index in [1.54, 1.807) is 62.8 Å². The van der Waals surface area contributed by atoms with Gasteiger partial charge in [-0.15, -0.1) is 0 Å². The van der Waals surface area contributed by atoms with Crippen LogP contribution in [0.25, 0.3) is 0 Å². The molecular weight excluding hydrogens is 446 g/mol. The fourth-order valence-electron chi connectivity index (χ4n) is 3.23. The Labute approximate surface area is 194 Å². The Bertz CT molecular complexity index is 1190. The lowest BCUT2D eigenvalue weighted by Crippen LogP contribution is -2.13. The second kappa shape index (κ2) is 10.5. The molecule has 3 rings (SSSR count). The summed E-state index contributed by atoms with van der Waals surface area (Å²) in [6, 6.07) is 19.3. The summed E-state index contributed by atoms with van der Waals surface area (Å²) in [6.45, 7) is 0. The molecule has 0 aliphatic rings. The minimum Gasteiger partial charge on any atom is -0.495 e. The third-order valence-corrected chi connectivity index (χ3v) is 6.51. The van der Waals surface area contributed by atoms with E-state index < -0.39 is 10.0 Å². The molecule has 0 aromatic heterocycles. The molecule has 0 atom stereocenters. The number of rotatable bonds is 10. The Kier molecular flexibility index (Phi) is 7.71. The summed E-state index contributed by atoms with van der Waals surface area (Å²) in [5, 5.41) is 0. The van der Waals surface area contributed by atoms with Crippen molar-refractivity contribution in [3.63, 3.8) is 0 Å². The number of ether oxygens (including phenoxy) is 3. The van der Waals surface area contributed by atoms with E-state index in [9.17, 15) is 8.42 Å². The van der Waals surface area contributed by atoms with Gasteiger partial charge in [-0.3, -0.25) is 4.72 Å². The molecule has 3 aromatic carbocycles. The van der Waals surface area contributed by atoms with Crippen molar-refractivity contribution >= 4 is 32.8 Å². The highest BCUT2D eigenvalue weighted by atomic mass is 32.2. The molecule has 0 saturated heterocycles. The first-order chi connectivity index (χ1) is 15.4. The van der Waals surface area contributed by atoms with Crippen LogP contribution in [0.3, 0.4) is 0 Å². The fraction of sp³-hybridized carbons (Fsp3) is 0.208. The van der Waals surface area contributed by atoms with E-state index in [0.717, 1.165) is 16.0 Å². The monoisotopic (exact) mass is 471 g/mol. The number of hydrogen-bond acceptors (Lipinski definition) is 6. The van der Waals surface area contributed by atoms with Crippen LogP contribution in [-0.4, -0.2) is 34.6 Å². The van der Waals surface area contributed by atoms with Gasteiger partial charge in [-0.2, -0.15) is 0 Å². The molecule has 0 heterocycles. The largest absolute Gasteiger partial charge is 0.495 e. The molecule has 0 bridgehead atoms. The zero-order chi connectivity index (χ0) is 23.1. The average molecular weight is 472 g/mol. The first-order valence-corrected chi connectivity index (χ1v) is 11.7. The summed E-state index contributed by atoms with van der Waals surface area (Å²) in [5.41, 5.74) is 2.34. The van der Waals surface area contributed by atoms with E-state index in [1.165, 1.54) is 7.11 Å². The zero-order valence-electron chi connectivity index (χ0n) is 18.1. The van der Waals surface area contributed by atoms with Crippen molar-refractivity contribution in [3.05, 3.63) is 77.9 Å². The SMILES string of the molecule is COc1ccccc1NS(=O)(=O)c1ccc(CC(=S)Cc2ccc(OC)c(OC)c2)cc1. The molecule has 1 N–H and O–H groups in total. The highest BCUT2D eigenvalue weighted by Gasteiger charge is 2.16. The van der Waals surface area contributed by atoms with Crippen LogP contribution in [0, 0.1) is 0 Å². The molecule has 0 spiro atoms. The predicted molar refractivity (Wildman–Crippen MR) is 130 cm³/mol. The number of thiocarbonyl (C=S) groups is 1. The second-order valence-electron chi connectivity index (χ2n) is 7.03. The van der Waals surface area contributed by atoms with Crippen LogP contribution >= 0.6 is 12.2 Å². The predicted octanol–water partition coefficient (Wildman–Crippen LogP) is 4.67. The zero-order valence-corrected chi connectivity index (χ0v) is 19.8. The molecule has 0 amide bonds. The normalized spacial score (nSPS) is 11.0. The standard InChI is InChI=1S/C24H25NO5S2/c1-28-22-7-5-4-6-21(22)25-32(26,27)20-11-8-17(9-12-20)14-19(31)15-18-10-13-23(29-2)24(16-18)30-3/h4-13,16,25H,14-15H2,1-3H3. The number of anilines is 1. The molecule has 0 saturated carbocycles. The van der Waals surface area contributed by atoms with Gasteiger partial charge in [0.15, 0.2) is 11.5 Å². The van der Waals surface area contributed by atoms with E-state index in [1.807, 2.05) is 18.2 Å². The molecule has 32 heavy (non-hydrogen) atoms. The number of nitrogens with one attached hydrogen (secondary N) is 1. The summed E-state index contributed by atoms with van der Waals surface area (Å²) in [6.07, 6.45) is 1.16. The van der Waals surface area contributed by atoms with Crippen molar-refractivity contribution in [3.8, 4) is 17.2 Å². The number of para-hydroxylation sites is 2. The van der Waals surface area contributed by atoms with Crippen LogP contribution in [0.2, 0.25) is 0 Å². The molecule has 0 aliphatic heterocycles. The summed E-state index contributed by atoms with van der Waals surface area (Å²) in [7, 11) is 0.941. The van der Waals surface area contributed by atoms with E-state index in [4.69, 9.17) is 26.4 Å². The van der Waals surface area contributed by atoms with Gasteiger partial charge in [-0.25, -0.2) is 8.42 Å². The summed E-state index contributed by atoms with van der Waals surface area (Å²) in [5.74, 6) is 1.78. The van der Waals surface area contributed by atoms with Crippen molar-refractivity contribution in [1.29, 1.82) is 0 Å². The highest BCUT2D eigenvalue weighted by Crippen LogP contribution is 2.28. The van der Waals surface area contributed by atoms with Gasteiger partial charge in [0.2, 0.25) is 0 Å². The molecule has 8 heteroatoms. The fourth-order valence-corrected chi connectivity index (χ4v) is 4.63. The van der Waals surface area contributed by atoms with Gasteiger partial charge in [0.25, 0.3) is 10.0 Å². The Morgan fingerprint density at radius 3 is 2.03 bits per heavy atom. The number of benzene rings is 3. The van der Waals surface area contributed by atoms with Gasteiger partial charge in [-0.05, 0) is 47.5 Å². The Morgan fingerprint density at radius 2 is 1.38 bits per heavy atom. The lowest BCUT2D eigenvalue weighted by atomic mass is 10.0. The third kappa shape index (κ3) is 5.77. The Hall–Kier alpha value is -3.10. The number of methoxy groups -OCH3 is 3.